The highest BCUT2D eigenvalue weighted by Crippen LogP contribution is 2.32. The van der Waals surface area contributed by atoms with E-state index in [4.69, 9.17) is 0 Å². The minimum Gasteiger partial charge on any atom is -0.332 e. The maximum Gasteiger partial charge on any atom is 0.0905 e. The SMILES string of the molecule is C[NH+]1C(CCCC(C)(C)C)CC2CCCCC21. The van der Waals surface area contributed by atoms with Gasteiger partial charge in [0, 0.05) is 12.3 Å². The number of rotatable bonds is 3. The molecule has 0 aromatic carbocycles. The Kier molecular flexibility index (Phi) is 4.18. The molecule has 2 rings (SSSR count). The zero-order chi connectivity index (χ0) is 12.5. The van der Waals surface area contributed by atoms with E-state index in [0.29, 0.717) is 5.41 Å². The zero-order valence-electron chi connectivity index (χ0n) is 12.4. The molecule has 1 nitrogen and oxygen atoms in total. The fourth-order valence-electron chi connectivity index (χ4n) is 4.17. The fourth-order valence-corrected chi connectivity index (χ4v) is 4.17. The van der Waals surface area contributed by atoms with Crippen molar-refractivity contribution in [3.63, 3.8) is 0 Å². The predicted molar refractivity (Wildman–Crippen MR) is 74.3 cm³/mol. The van der Waals surface area contributed by atoms with Gasteiger partial charge in [-0.2, -0.15) is 0 Å². The van der Waals surface area contributed by atoms with Gasteiger partial charge in [0.1, 0.15) is 0 Å². The molecule has 1 saturated carbocycles. The Bertz CT molecular complexity index is 240. The van der Waals surface area contributed by atoms with Gasteiger partial charge in [-0.3, -0.25) is 0 Å². The Morgan fingerprint density at radius 2 is 1.82 bits per heavy atom. The smallest absolute Gasteiger partial charge is 0.0905 e. The third kappa shape index (κ3) is 3.47. The number of hydrogen-bond acceptors (Lipinski definition) is 0. The largest absolute Gasteiger partial charge is 0.332 e. The summed E-state index contributed by atoms with van der Waals surface area (Å²) in [5.74, 6) is 1.07. The second-order valence-corrected chi connectivity index (χ2v) is 7.78. The molecule has 0 radical (unpaired) electrons. The van der Waals surface area contributed by atoms with E-state index in [2.05, 4.69) is 27.8 Å². The lowest BCUT2D eigenvalue weighted by Crippen LogP contribution is -3.14. The molecule has 0 aromatic heterocycles. The van der Waals surface area contributed by atoms with Crippen molar-refractivity contribution in [3.05, 3.63) is 0 Å². The van der Waals surface area contributed by atoms with Gasteiger partial charge in [0.25, 0.3) is 0 Å². The van der Waals surface area contributed by atoms with Crippen LogP contribution in [0.25, 0.3) is 0 Å². The molecule has 2 fully saturated rings. The summed E-state index contributed by atoms with van der Waals surface area (Å²) in [6.07, 6.45) is 11.9. The zero-order valence-corrected chi connectivity index (χ0v) is 12.4. The highest BCUT2D eigenvalue weighted by molar-refractivity contribution is 4.83. The van der Waals surface area contributed by atoms with Crippen LogP contribution in [0.5, 0.6) is 0 Å². The Labute approximate surface area is 108 Å². The lowest BCUT2D eigenvalue weighted by atomic mass is 9.84. The van der Waals surface area contributed by atoms with Gasteiger partial charge in [0.2, 0.25) is 0 Å². The van der Waals surface area contributed by atoms with Crippen LogP contribution in [-0.2, 0) is 0 Å². The van der Waals surface area contributed by atoms with E-state index in [0.717, 1.165) is 18.0 Å². The summed E-state index contributed by atoms with van der Waals surface area (Å²) in [5, 5.41) is 0. The topological polar surface area (TPSA) is 4.44 Å². The molecule has 1 heteroatoms. The van der Waals surface area contributed by atoms with E-state index in [9.17, 15) is 0 Å². The van der Waals surface area contributed by atoms with Crippen molar-refractivity contribution in [2.45, 2.75) is 84.2 Å². The summed E-state index contributed by atoms with van der Waals surface area (Å²) in [6, 6.07) is 1.99. The van der Waals surface area contributed by atoms with Crippen LogP contribution >= 0.6 is 0 Å². The van der Waals surface area contributed by atoms with Crippen molar-refractivity contribution < 1.29 is 4.90 Å². The molecule has 4 atom stereocenters. The van der Waals surface area contributed by atoms with E-state index in [1.807, 2.05) is 4.90 Å². The van der Waals surface area contributed by atoms with Crippen molar-refractivity contribution >= 4 is 0 Å². The standard InChI is InChI=1S/C16H31N/c1-16(2,3)11-7-9-14-12-13-8-5-6-10-15(13)17(14)4/h13-15H,5-12H2,1-4H3/p+1. The third-order valence-corrected chi connectivity index (χ3v) is 5.20. The normalized spacial score (nSPS) is 38.1. The third-order valence-electron chi connectivity index (χ3n) is 5.20. The molecule has 1 aliphatic carbocycles. The molecule has 4 unspecified atom stereocenters. The highest BCUT2D eigenvalue weighted by atomic mass is 15.2. The highest BCUT2D eigenvalue weighted by Gasteiger charge is 2.43. The quantitative estimate of drug-likeness (QED) is 0.771. The average Bonchev–Trinajstić information content (AvgIpc) is 2.55. The second kappa shape index (κ2) is 5.30. The van der Waals surface area contributed by atoms with Crippen LogP contribution in [0.1, 0.15) is 72.1 Å². The summed E-state index contributed by atoms with van der Waals surface area (Å²) in [7, 11) is 2.47. The first-order chi connectivity index (χ1) is 7.97. The predicted octanol–water partition coefficient (Wildman–Crippen LogP) is 3.05. The van der Waals surface area contributed by atoms with Gasteiger partial charge >= 0.3 is 0 Å². The minimum absolute atomic E-state index is 0.527. The molecule has 0 bridgehead atoms. The summed E-state index contributed by atoms with van der Waals surface area (Å²) < 4.78 is 0. The molecule has 1 N–H and O–H groups in total. The number of nitrogens with one attached hydrogen (secondary N) is 1. The average molecular weight is 238 g/mol. The van der Waals surface area contributed by atoms with Crippen LogP contribution in [0.3, 0.4) is 0 Å². The van der Waals surface area contributed by atoms with E-state index >= 15 is 0 Å². The van der Waals surface area contributed by atoms with Crippen molar-refractivity contribution in [2.75, 3.05) is 7.05 Å². The molecule has 1 heterocycles. The van der Waals surface area contributed by atoms with Crippen LogP contribution < -0.4 is 4.90 Å². The van der Waals surface area contributed by atoms with E-state index in [-0.39, 0.29) is 0 Å². The minimum atomic E-state index is 0.527. The Morgan fingerprint density at radius 1 is 1.12 bits per heavy atom. The molecular weight excluding hydrogens is 206 g/mol. The van der Waals surface area contributed by atoms with Crippen molar-refractivity contribution in [1.82, 2.24) is 0 Å². The monoisotopic (exact) mass is 238 g/mol. The number of likely N-dealkylation sites (tertiary alicyclic amines) is 1. The first kappa shape index (κ1) is 13.4. The maximum atomic E-state index is 2.47. The summed E-state index contributed by atoms with van der Waals surface area (Å²) in [6.45, 7) is 7.12. The molecule has 1 aliphatic heterocycles. The van der Waals surface area contributed by atoms with E-state index in [1.165, 1.54) is 51.4 Å². The van der Waals surface area contributed by atoms with Crippen LogP contribution in [0, 0.1) is 11.3 Å². The van der Waals surface area contributed by atoms with Gasteiger partial charge < -0.3 is 4.90 Å². The fraction of sp³-hybridized carbons (Fsp3) is 1.00. The van der Waals surface area contributed by atoms with Crippen LogP contribution in [0.15, 0.2) is 0 Å². The van der Waals surface area contributed by atoms with Crippen LogP contribution in [0.2, 0.25) is 0 Å². The second-order valence-electron chi connectivity index (χ2n) is 7.78. The van der Waals surface area contributed by atoms with Crippen molar-refractivity contribution in [3.8, 4) is 0 Å². The molecule has 1 saturated heterocycles. The Morgan fingerprint density at radius 3 is 2.47 bits per heavy atom. The lowest BCUT2D eigenvalue weighted by molar-refractivity contribution is -0.919. The maximum absolute atomic E-state index is 2.47. The lowest BCUT2D eigenvalue weighted by Gasteiger charge is -2.28. The summed E-state index contributed by atoms with van der Waals surface area (Å²) in [5.41, 5.74) is 0.527. The molecule has 2 aliphatic rings. The van der Waals surface area contributed by atoms with Gasteiger partial charge in [-0.05, 0) is 43.9 Å². The van der Waals surface area contributed by atoms with Gasteiger partial charge in [0.15, 0.2) is 0 Å². The van der Waals surface area contributed by atoms with E-state index < -0.39 is 0 Å². The van der Waals surface area contributed by atoms with Gasteiger partial charge in [-0.15, -0.1) is 0 Å². The molecule has 0 aromatic rings. The first-order valence-electron chi connectivity index (χ1n) is 7.81. The Hall–Kier alpha value is -0.0400. The van der Waals surface area contributed by atoms with E-state index in [1.54, 1.807) is 0 Å². The molecule has 0 amide bonds. The molecule has 100 valence electrons. The first-order valence-corrected chi connectivity index (χ1v) is 7.81. The number of hydrogen-bond donors (Lipinski definition) is 1. The van der Waals surface area contributed by atoms with Crippen molar-refractivity contribution in [1.29, 1.82) is 0 Å². The van der Waals surface area contributed by atoms with Crippen LogP contribution in [-0.4, -0.2) is 19.1 Å². The number of fused-ring (bicyclic) bond motifs is 1. The van der Waals surface area contributed by atoms with Gasteiger partial charge in [-0.1, -0.05) is 27.2 Å². The van der Waals surface area contributed by atoms with Crippen molar-refractivity contribution in [2.24, 2.45) is 11.3 Å². The van der Waals surface area contributed by atoms with Crippen LogP contribution in [0.4, 0.5) is 0 Å². The number of quaternary nitrogens is 1. The Balaban J connectivity index is 1.78. The molecular formula is C16H32N+. The van der Waals surface area contributed by atoms with Gasteiger partial charge in [-0.25, -0.2) is 0 Å². The molecule has 17 heavy (non-hydrogen) atoms. The summed E-state index contributed by atoms with van der Waals surface area (Å²) >= 11 is 0. The molecule has 0 spiro atoms. The summed E-state index contributed by atoms with van der Waals surface area (Å²) in [4.78, 5) is 1.88. The van der Waals surface area contributed by atoms with Gasteiger partial charge in [0.05, 0.1) is 19.1 Å².